The summed E-state index contributed by atoms with van der Waals surface area (Å²) < 4.78 is 5.11. The number of amides is 2. The molecule has 0 atom stereocenters. The van der Waals surface area contributed by atoms with Crippen LogP contribution in [0, 0.1) is 6.92 Å². The molecule has 0 radical (unpaired) electrons. The number of hydrogen-bond acceptors (Lipinski definition) is 3. The van der Waals surface area contributed by atoms with Gasteiger partial charge in [-0.25, -0.2) is 0 Å². The van der Waals surface area contributed by atoms with Crippen LogP contribution in [-0.2, 0) is 16.1 Å². The highest BCUT2D eigenvalue weighted by Gasteiger charge is 2.11. The van der Waals surface area contributed by atoms with E-state index in [1.807, 2.05) is 55.5 Å². The molecule has 0 spiro atoms. The molecule has 25 heavy (non-hydrogen) atoms. The Kier molecular flexibility index (Phi) is 6.34. The predicted octanol–water partition coefficient (Wildman–Crippen LogP) is 2.80. The lowest BCUT2D eigenvalue weighted by atomic mass is 10.1. The molecule has 5 nitrogen and oxygen atoms in total. The molecule has 2 amide bonds. The van der Waals surface area contributed by atoms with Crippen molar-refractivity contribution in [3.8, 4) is 5.75 Å². The van der Waals surface area contributed by atoms with Gasteiger partial charge >= 0.3 is 0 Å². The first kappa shape index (κ1) is 18.3. The summed E-state index contributed by atoms with van der Waals surface area (Å²) in [5.41, 5.74) is 3.06. The Morgan fingerprint density at radius 2 is 1.76 bits per heavy atom. The Morgan fingerprint density at radius 3 is 2.36 bits per heavy atom. The van der Waals surface area contributed by atoms with Crippen LogP contribution in [0.1, 0.15) is 23.6 Å². The number of nitrogens with one attached hydrogen (secondary N) is 2. The highest BCUT2D eigenvalue weighted by molar-refractivity contribution is 6.01. The molecular formula is C20H22N2O3. The van der Waals surface area contributed by atoms with Crippen LogP contribution < -0.4 is 15.4 Å². The van der Waals surface area contributed by atoms with Crippen molar-refractivity contribution in [2.45, 2.75) is 20.4 Å². The molecule has 2 aromatic rings. The molecule has 0 saturated heterocycles. The molecule has 0 unspecified atom stereocenters. The monoisotopic (exact) mass is 338 g/mol. The lowest BCUT2D eigenvalue weighted by molar-refractivity contribution is -0.122. The fourth-order valence-electron chi connectivity index (χ4n) is 2.27. The van der Waals surface area contributed by atoms with Crippen molar-refractivity contribution < 1.29 is 14.3 Å². The SMILES string of the molecule is COc1ccc(CNC(=O)/C(=C/c2ccccc2C)NC(C)=O)cc1. The lowest BCUT2D eigenvalue weighted by Gasteiger charge is -2.11. The van der Waals surface area contributed by atoms with Gasteiger partial charge in [-0.15, -0.1) is 0 Å². The molecule has 130 valence electrons. The van der Waals surface area contributed by atoms with Gasteiger partial charge in [0.2, 0.25) is 5.91 Å². The van der Waals surface area contributed by atoms with Gasteiger partial charge in [0.25, 0.3) is 5.91 Å². The first-order valence-electron chi connectivity index (χ1n) is 7.95. The normalized spacial score (nSPS) is 10.9. The van der Waals surface area contributed by atoms with Crippen LogP contribution in [0.3, 0.4) is 0 Å². The second kappa shape index (κ2) is 8.68. The van der Waals surface area contributed by atoms with Crippen molar-refractivity contribution in [3.05, 3.63) is 70.9 Å². The number of methoxy groups -OCH3 is 1. The molecule has 0 aliphatic heterocycles. The van der Waals surface area contributed by atoms with Gasteiger partial charge in [-0.3, -0.25) is 9.59 Å². The summed E-state index contributed by atoms with van der Waals surface area (Å²) in [7, 11) is 1.60. The van der Waals surface area contributed by atoms with E-state index in [4.69, 9.17) is 4.74 Å². The molecule has 0 aromatic heterocycles. The van der Waals surface area contributed by atoms with E-state index in [1.54, 1.807) is 13.2 Å². The number of rotatable bonds is 6. The minimum Gasteiger partial charge on any atom is -0.497 e. The average Bonchev–Trinajstić information content (AvgIpc) is 2.61. The average molecular weight is 338 g/mol. The number of aryl methyl sites for hydroxylation is 1. The Labute approximate surface area is 147 Å². The molecule has 2 aromatic carbocycles. The van der Waals surface area contributed by atoms with Gasteiger partial charge in [-0.2, -0.15) is 0 Å². The molecule has 2 N–H and O–H groups in total. The quantitative estimate of drug-likeness (QED) is 0.796. The zero-order valence-electron chi connectivity index (χ0n) is 14.6. The van der Waals surface area contributed by atoms with E-state index in [-0.39, 0.29) is 17.5 Å². The highest BCUT2D eigenvalue weighted by atomic mass is 16.5. The molecule has 0 saturated carbocycles. The van der Waals surface area contributed by atoms with E-state index in [9.17, 15) is 9.59 Å². The van der Waals surface area contributed by atoms with Gasteiger partial charge in [-0.1, -0.05) is 36.4 Å². The minimum atomic E-state index is -0.339. The molecule has 2 rings (SSSR count). The van der Waals surface area contributed by atoms with Crippen LogP contribution in [0.15, 0.2) is 54.2 Å². The van der Waals surface area contributed by atoms with Crippen molar-refractivity contribution in [3.63, 3.8) is 0 Å². The van der Waals surface area contributed by atoms with Crippen LogP contribution in [0.5, 0.6) is 5.75 Å². The van der Waals surface area contributed by atoms with Crippen LogP contribution in [-0.4, -0.2) is 18.9 Å². The van der Waals surface area contributed by atoms with Crippen molar-refractivity contribution in [2.75, 3.05) is 7.11 Å². The summed E-state index contributed by atoms with van der Waals surface area (Å²) in [6.07, 6.45) is 1.68. The summed E-state index contributed by atoms with van der Waals surface area (Å²) in [6.45, 7) is 3.68. The second-order valence-corrected chi connectivity index (χ2v) is 5.63. The maximum atomic E-state index is 12.5. The first-order chi connectivity index (χ1) is 12.0. The maximum Gasteiger partial charge on any atom is 0.268 e. The third-order valence-electron chi connectivity index (χ3n) is 3.66. The van der Waals surface area contributed by atoms with Gasteiger partial charge in [-0.05, 0) is 41.8 Å². The number of benzene rings is 2. The number of carbonyl (C=O) groups is 2. The standard InChI is InChI=1S/C20H22N2O3/c1-14-6-4-5-7-17(14)12-19(22-15(2)23)20(24)21-13-16-8-10-18(25-3)11-9-16/h4-12H,13H2,1-3H3,(H,21,24)(H,22,23)/b19-12-. The fraction of sp³-hybridized carbons (Fsp3) is 0.200. The van der Waals surface area contributed by atoms with Crippen molar-refractivity contribution >= 4 is 17.9 Å². The third-order valence-corrected chi connectivity index (χ3v) is 3.66. The van der Waals surface area contributed by atoms with Gasteiger partial charge in [0.15, 0.2) is 0 Å². The molecular weight excluding hydrogens is 316 g/mol. The van der Waals surface area contributed by atoms with Crippen LogP contribution in [0.25, 0.3) is 6.08 Å². The Hall–Kier alpha value is -3.08. The maximum absolute atomic E-state index is 12.5. The highest BCUT2D eigenvalue weighted by Crippen LogP contribution is 2.13. The molecule has 0 aliphatic carbocycles. The summed E-state index contributed by atoms with van der Waals surface area (Å²) in [4.78, 5) is 23.9. The van der Waals surface area contributed by atoms with Crippen LogP contribution >= 0.6 is 0 Å². The lowest BCUT2D eigenvalue weighted by Crippen LogP contribution is -2.33. The Balaban J connectivity index is 2.12. The Bertz CT molecular complexity index is 780. The number of carbonyl (C=O) groups excluding carboxylic acids is 2. The fourth-order valence-corrected chi connectivity index (χ4v) is 2.27. The van der Waals surface area contributed by atoms with Gasteiger partial charge in [0.05, 0.1) is 7.11 Å². The number of hydrogen-bond donors (Lipinski definition) is 2. The topological polar surface area (TPSA) is 67.4 Å². The molecule has 0 heterocycles. The first-order valence-corrected chi connectivity index (χ1v) is 7.95. The molecule has 0 aliphatic rings. The summed E-state index contributed by atoms with van der Waals surface area (Å²) in [5, 5.41) is 5.42. The van der Waals surface area contributed by atoms with E-state index >= 15 is 0 Å². The minimum absolute atomic E-state index is 0.218. The van der Waals surface area contributed by atoms with Gasteiger partial charge in [0, 0.05) is 13.5 Å². The summed E-state index contributed by atoms with van der Waals surface area (Å²) in [6, 6.07) is 15.1. The van der Waals surface area contributed by atoms with Crippen molar-refractivity contribution in [1.29, 1.82) is 0 Å². The zero-order valence-corrected chi connectivity index (χ0v) is 14.6. The molecule has 0 bridgehead atoms. The van der Waals surface area contributed by atoms with E-state index in [2.05, 4.69) is 10.6 Å². The Morgan fingerprint density at radius 1 is 1.08 bits per heavy atom. The predicted molar refractivity (Wildman–Crippen MR) is 97.8 cm³/mol. The van der Waals surface area contributed by atoms with E-state index in [0.717, 1.165) is 22.4 Å². The molecule has 0 fully saturated rings. The molecule has 5 heteroatoms. The van der Waals surface area contributed by atoms with Gasteiger partial charge < -0.3 is 15.4 Å². The van der Waals surface area contributed by atoms with Gasteiger partial charge in [0.1, 0.15) is 11.4 Å². The zero-order chi connectivity index (χ0) is 18.2. The van der Waals surface area contributed by atoms with Crippen molar-refractivity contribution in [1.82, 2.24) is 10.6 Å². The smallest absolute Gasteiger partial charge is 0.268 e. The summed E-state index contributed by atoms with van der Waals surface area (Å²) >= 11 is 0. The largest absolute Gasteiger partial charge is 0.497 e. The van der Waals surface area contributed by atoms with Crippen molar-refractivity contribution in [2.24, 2.45) is 0 Å². The second-order valence-electron chi connectivity index (χ2n) is 5.63. The summed E-state index contributed by atoms with van der Waals surface area (Å²) in [5.74, 6) is 0.127. The van der Waals surface area contributed by atoms with E-state index in [0.29, 0.717) is 6.54 Å². The van der Waals surface area contributed by atoms with E-state index in [1.165, 1.54) is 6.92 Å². The van der Waals surface area contributed by atoms with Crippen LogP contribution in [0.4, 0.5) is 0 Å². The number of ether oxygens (including phenoxy) is 1. The van der Waals surface area contributed by atoms with Crippen LogP contribution in [0.2, 0.25) is 0 Å². The third kappa shape index (κ3) is 5.49. The van der Waals surface area contributed by atoms with E-state index < -0.39 is 0 Å².